The molecule has 1 amide bonds. The van der Waals surface area contributed by atoms with Gasteiger partial charge >= 0.3 is 0 Å². The molecule has 1 N–H and O–H groups in total. The third-order valence-corrected chi connectivity index (χ3v) is 3.80. The second kappa shape index (κ2) is 6.52. The Morgan fingerprint density at radius 3 is 2.83 bits per heavy atom. The molecular formula is C18H19N3O2. The van der Waals surface area contributed by atoms with Gasteiger partial charge in [-0.3, -0.25) is 4.79 Å². The molecule has 23 heavy (non-hydrogen) atoms. The lowest BCUT2D eigenvalue weighted by molar-refractivity contribution is -0.116. The van der Waals surface area contributed by atoms with E-state index < -0.39 is 0 Å². The minimum absolute atomic E-state index is 0.0419. The van der Waals surface area contributed by atoms with Crippen molar-refractivity contribution in [1.82, 2.24) is 9.38 Å². The van der Waals surface area contributed by atoms with Gasteiger partial charge in [0.1, 0.15) is 11.4 Å². The van der Waals surface area contributed by atoms with Gasteiger partial charge in [0, 0.05) is 18.3 Å². The summed E-state index contributed by atoms with van der Waals surface area (Å²) in [6.45, 7) is 1.97. The van der Waals surface area contributed by atoms with Crippen LogP contribution in [-0.2, 0) is 11.2 Å². The molecule has 0 radical (unpaired) electrons. The molecule has 3 aromatic rings. The zero-order valence-corrected chi connectivity index (χ0v) is 13.2. The molecule has 2 heterocycles. The Morgan fingerprint density at radius 1 is 1.22 bits per heavy atom. The van der Waals surface area contributed by atoms with Crippen LogP contribution < -0.4 is 10.1 Å². The van der Waals surface area contributed by atoms with Gasteiger partial charge < -0.3 is 14.5 Å². The van der Waals surface area contributed by atoms with Crippen LogP contribution in [0.4, 0.5) is 5.69 Å². The Morgan fingerprint density at radius 2 is 2.00 bits per heavy atom. The van der Waals surface area contributed by atoms with E-state index in [9.17, 15) is 4.79 Å². The number of imidazole rings is 1. The van der Waals surface area contributed by atoms with Crippen LogP contribution in [0.1, 0.15) is 17.8 Å². The van der Waals surface area contributed by atoms with Crippen molar-refractivity contribution in [3.8, 4) is 5.75 Å². The second-order valence-corrected chi connectivity index (χ2v) is 5.32. The van der Waals surface area contributed by atoms with Crippen LogP contribution >= 0.6 is 0 Å². The fourth-order valence-electron chi connectivity index (χ4n) is 2.66. The summed E-state index contributed by atoms with van der Waals surface area (Å²) in [6.07, 6.45) is 3.00. The first-order valence-corrected chi connectivity index (χ1v) is 7.54. The predicted molar refractivity (Wildman–Crippen MR) is 89.9 cm³/mol. The van der Waals surface area contributed by atoms with Crippen LogP contribution in [-0.4, -0.2) is 22.4 Å². The average Bonchev–Trinajstić information content (AvgIpc) is 2.88. The summed E-state index contributed by atoms with van der Waals surface area (Å²) in [6, 6.07) is 13.3. The molecule has 0 saturated carbocycles. The molecule has 0 saturated heterocycles. The number of aryl methyl sites for hydroxylation is 2. The molecular weight excluding hydrogens is 290 g/mol. The molecule has 0 bridgehead atoms. The highest BCUT2D eigenvalue weighted by Crippen LogP contribution is 2.23. The molecule has 0 fully saturated rings. The lowest BCUT2D eigenvalue weighted by Crippen LogP contribution is -2.13. The SMILES string of the molecule is COc1ccccc1NC(=O)CCc1c(C)nc2ccccn12. The molecule has 0 spiro atoms. The summed E-state index contributed by atoms with van der Waals surface area (Å²) in [4.78, 5) is 16.7. The normalized spacial score (nSPS) is 10.7. The number of amides is 1. The zero-order chi connectivity index (χ0) is 16.2. The van der Waals surface area contributed by atoms with Crippen molar-refractivity contribution in [3.05, 3.63) is 60.0 Å². The van der Waals surface area contributed by atoms with Crippen LogP contribution in [0.3, 0.4) is 0 Å². The lowest BCUT2D eigenvalue weighted by atomic mass is 10.2. The van der Waals surface area contributed by atoms with E-state index in [2.05, 4.69) is 10.3 Å². The summed E-state index contributed by atoms with van der Waals surface area (Å²) < 4.78 is 7.28. The first kappa shape index (κ1) is 15.1. The van der Waals surface area contributed by atoms with E-state index >= 15 is 0 Å². The Bertz CT molecular complexity index is 839. The first-order chi connectivity index (χ1) is 11.2. The van der Waals surface area contributed by atoms with Crippen LogP contribution in [0.15, 0.2) is 48.7 Å². The van der Waals surface area contributed by atoms with Crippen molar-refractivity contribution in [1.29, 1.82) is 0 Å². The highest BCUT2D eigenvalue weighted by atomic mass is 16.5. The molecule has 0 aliphatic carbocycles. The van der Waals surface area contributed by atoms with Gasteiger partial charge in [-0.2, -0.15) is 0 Å². The molecule has 118 valence electrons. The van der Waals surface area contributed by atoms with E-state index in [4.69, 9.17) is 4.74 Å². The number of para-hydroxylation sites is 2. The van der Waals surface area contributed by atoms with Gasteiger partial charge in [0.15, 0.2) is 0 Å². The van der Waals surface area contributed by atoms with E-state index in [0.29, 0.717) is 24.3 Å². The van der Waals surface area contributed by atoms with Crippen molar-refractivity contribution >= 4 is 17.2 Å². The van der Waals surface area contributed by atoms with Crippen LogP contribution in [0.25, 0.3) is 5.65 Å². The predicted octanol–water partition coefficient (Wildman–Crippen LogP) is 3.22. The van der Waals surface area contributed by atoms with Crippen LogP contribution in [0.5, 0.6) is 5.75 Å². The maximum atomic E-state index is 12.2. The standard InChI is InChI=1S/C18H19N3O2/c1-13-15(21-12-6-5-9-17(21)19-13)10-11-18(22)20-14-7-3-4-8-16(14)23-2/h3-9,12H,10-11H2,1-2H3,(H,20,22). The number of pyridine rings is 1. The number of benzene rings is 1. The monoisotopic (exact) mass is 309 g/mol. The van der Waals surface area contributed by atoms with E-state index in [-0.39, 0.29) is 5.91 Å². The Balaban J connectivity index is 1.70. The van der Waals surface area contributed by atoms with Gasteiger partial charge in [0.05, 0.1) is 18.5 Å². The van der Waals surface area contributed by atoms with Gasteiger partial charge in [0.2, 0.25) is 5.91 Å². The third-order valence-electron chi connectivity index (χ3n) is 3.80. The number of carbonyl (C=O) groups excluding carboxylic acids is 1. The van der Waals surface area contributed by atoms with Crippen LogP contribution in [0.2, 0.25) is 0 Å². The number of carbonyl (C=O) groups is 1. The number of hydrogen-bond acceptors (Lipinski definition) is 3. The summed E-state index contributed by atoms with van der Waals surface area (Å²) in [7, 11) is 1.59. The number of hydrogen-bond donors (Lipinski definition) is 1. The smallest absolute Gasteiger partial charge is 0.224 e. The number of nitrogens with one attached hydrogen (secondary N) is 1. The Labute approximate surface area is 134 Å². The molecule has 5 nitrogen and oxygen atoms in total. The van der Waals surface area contributed by atoms with E-state index in [1.807, 2.05) is 60.0 Å². The quantitative estimate of drug-likeness (QED) is 0.787. The Hall–Kier alpha value is -2.82. The largest absolute Gasteiger partial charge is 0.495 e. The topological polar surface area (TPSA) is 55.6 Å². The number of methoxy groups -OCH3 is 1. The third kappa shape index (κ3) is 3.18. The number of aromatic nitrogens is 2. The molecule has 5 heteroatoms. The molecule has 2 aromatic heterocycles. The van der Waals surface area contributed by atoms with Gasteiger partial charge in [-0.05, 0) is 37.6 Å². The van der Waals surface area contributed by atoms with E-state index in [0.717, 1.165) is 17.0 Å². The van der Waals surface area contributed by atoms with Crippen LogP contribution in [0, 0.1) is 6.92 Å². The minimum atomic E-state index is -0.0419. The summed E-state index contributed by atoms with van der Waals surface area (Å²) in [5.74, 6) is 0.617. The van der Waals surface area contributed by atoms with Gasteiger partial charge in [-0.15, -0.1) is 0 Å². The molecule has 3 rings (SSSR count). The fourth-order valence-corrected chi connectivity index (χ4v) is 2.66. The van der Waals surface area contributed by atoms with Crippen molar-refractivity contribution in [2.24, 2.45) is 0 Å². The van der Waals surface area contributed by atoms with Gasteiger partial charge in [0.25, 0.3) is 0 Å². The number of anilines is 1. The summed E-state index contributed by atoms with van der Waals surface area (Å²) in [5.41, 5.74) is 3.62. The lowest BCUT2D eigenvalue weighted by Gasteiger charge is -2.10. The average molecular weight is 309 g/mol. The summed E-state index contributed by atoms with van der Waals surface area (Å²) in [5, 5.41) is 2.90. The van der Waals surface area contributed by atoms with Crippen molar-refractivity contribution in [2.45, 2.75) is 19.8 Å². The highest BCUT2D eigenvalue weighted by Gasteiger charge is 2.11. The zero-order valence-electron chi connectivity index (χ0n) is 13.2. The maximum absolute atomic E-state index is 12.2. The molecule has 0 atom stereocenters. The van der Waals surface area contributed by atoms with Crippen molar-refractivity contribution in [3.63, 3.8) is 0 Å². The van der Waals surface area contributed by atoms with Gasteiger partial charge in [-0.25, -0.2) is 4.98 Å². The summed E-state index contributed by atoms with van der Waals surface area (Å²) >= 11 is 0. The highest BCUT2D eigenvalue weighted by molar-refractivity contribution is 5.92. The number of ether oxygens (including phenoxy) is 1. The molecule has 0 unspecified atom stereocenters. The molecule has 0 aliphatic rings. The van der Waals surface area contributed by atoms with E-state index in [1.165, 1.54) is 0 Å². The fraction of sp³-hybridized carbons (Fsp3) is 0.222. The minimum Gasteiger partial charge on any atom is -0.495 e. The second-order valence-electron chi connectivity index (χ2n) is 5.32. The van der Waals surface area contributed by atoms with Gasteiger partial charge in [-0.1, -0.05) is 18.2 Å². The Kier molecular flexibility index (Phi) is 4.28. The molecule has 1 aromatic carbocycles. The van der Waals surface area contributed by atoms with E-state index in [1.54, 1.807) is 7.11 Å². The van der Waals surface area contributed by atoms with Crippen molar-refractivity contribution < 1.29 is 9.53 Å². The number of fused-ring (bicyclic) bond motifs is 1. The number of rotatable bonds is 5. The number of nitrogens with zero attached hydrogens (tertiary/aromatic N) is 2. The molecule has 0 aliphatic heterocycles. The van der Waals surface area contributed by atoms with Crippen molar-refractivity contribution in [2.75, 3.05) is 12.4 Å². The first-order valence-electron chi connectivity index (χ1n) is 7.54. The maximum Gasteiger partial charge on any atom is 0.224 e.